The largest absolute Gasteiger partial charge is 0.396 e. The Bertz CT molecular complexity index is 646. The van der Waals surface area contributed by atoms with Gasteiger partial charge in [-0.2, -0.15) is 0 Å². The number of nitrogens with two attached hydrogens (primary N) is 1. The molecule has 5 aliphatic rings. The fourth-order valence-electron chi connectivity index (χ4n) is 8.52. The van der Waals surface area contributed by atoms with Crippen molar-refractivity contribution in [2.45, 2.75) is 64.3 Å². The molecular formula is C22H34N2O2. The second kappa shape index (κ2) is 5.81. The molecule has 4 fully saturated rings. The number of fused-ring (bicyclic) bond motifs is 1. The molecule has 26 heavy (non-hydrogen) atoms. The van der Waals surface area contributed by atoms with Gasteiger partial charge in [0.1, 0.15) is 0 Å². The van der Waals surface area contributed by atoms with Crippen molar-refractivity contribution in [3.63, 3.8) is 0 Å². The summed E-state index contributed by atoms with van der Waals surface area (Å²) in [6.07, 6.45) is 11.2. The van der Waals surface area contributed by atoms with Crippen LogP contribution in [0.3, 0.4) is 0 Å². The third kappa shape index (κ3) is 1.95. The topological polar surface area (TPSA) is 66.6 Å². The monoisotopic (exact) mass is 358 g/mol. The number of amides is 1. The molecule has 2 heterocycles. The van der Waals surface area contributed by atoms with Gasteiger partial charge in [-0.1, -0.05) is 18.6 Å². The number of aliphatic hydroxyl groups excluding tert-OH is 1. The number of piperidine rings is 1. The van der Waals surface area contributed by atoms with E-state index in [4.69, 9.17) is 5.73 Å². The summed E-state index contributed by atoms with van der Waals surface area (Å²) in [5.74, 6) is 2.50. The summed E-state index contributed by atoms with van der Waals surface area (Å²) in [6.45, 7) is 5.06. The number of aliphatic hydroxyl groups is 1. The molecule has 0 unspecified atom stereocenters. The van der Waals surface area contributed by atoms with Crippen LogP contribution in [0.15, 0.2) is 11.6 Å². The molecule has 2 aliphatic heterocycles. The lowest BCUT2D eigenvalue weighted by atomic mass is 9.42. The Morgan fingerprint density at radius 3 is 2.92 bits per heavy atom. The zero-order chi connectivity index (χ0) is 18.1. The van der Waals surface area contributed by atoms with E-state index in [-0.39, 0.29) is 23.3 Å². The Balaban J connectivity index is 1.73. The number of hydrogen-bond donors (Lipinski definition) is 2. The van der Waals surface area contributed by atoms with Crippen molar-refractivity contribution in [3.8, 4) is 0 Å². The van der Waals surface area contributed by atoms with Crippen molar-refractivity contribution >= 4 is 5.91 Å². The molecule has 3 aliphatic carbocycles. The maximum Gasteiger partial charge on any atom is 0.217 e. The molecule has 144 valence electrons. The predicted molar refractivity (Wildman–Crippen MR) is 101 cm³/mol. The van der Waals surface area contributed by atoms with Crippen LogP contribution < -0.4 is 5.73 Å². The standard InChI is InChI=1S/C22H34N2O2/c1-14-11-24-12-16-6-5-15-3-2-4-18(15)22(10-8-19(23)26)20(24)17(14)7-9-21(16,22)13-25/h4,14-17,20,25H,2-3,5-13H2,1H3,(H2,23,26)/t14-,15-,16-,17-,20+,21-,22-/m1/s1. The van der Waals surface area contributed by atoms with E-state index >= 15 is 0 Å². The van der Waals surface area contributed by atoms with Crippen molar-refractivity contribution in [2.75, 3.05) is 19.7 Å². The van der Waals surface area contributed by atoms with Gasteiger partial charge in [-0.25, -0.2) is 0 Å². The van der Waals surface area contributed by atoms with E-state index in [9.17, 15) is 9.90 Å². The highest BCUT2D eigenvalue weighted by atomic mass is 16.3. The van der Waals surface area contributed by atoms with Crippen molar-refractivity contribution < 1.29 is 9.90 Å². The summed E-state index contributed by atoms with van der Waals surface area (Å²) in [5.41, 5.74) is 7.24. The quantitative estimate of drug-likeness (QED) is 0.760. The molecule has 0 aromatic heterocycles. The summed E-state index contributed by atoms with van der Waals surface area (Å²) in [7, 11) is 0. The number of hydrogen-bond acceptors (Lipinski definition) is 3. The van der Waals surface area contributed by atoms with Crippen LogP contribution in [0.5, 0.6) is 0 Å². The maximum absolute atomic E-state index is 11.9. The van der Waals surface area contributed by atoms with Gasteiger partial charge in [-0.15, -0.1) is 0 Å². The molecule has 4 bridgehead atoms. The van der Waals surface area contributed by atoms with Crippen molar-refractivity contribution in [3.05, 3.63) is 11.6 Å². The Morgan fingerprint density at radius 1 is 1.31 bits per heavy atom. The van der Waals surface area contributed by atoms with E-state index in [1.807, 2.05) is 0 Å². The molecule has 3 N–H and O–H groups in total. The summed E-state index contributed by atoms with van der Waals surface area (Å²) in [6, 6.07) is 0.513. The molecule has 0 spiro atoms. The molecule has 4 heteroatoms. The van der Waals surface area contributed by atoms with Crippen LogP contribution in [0.4, 0.5) is 0 Å². The van der Waals surface area contributed by atoms with E-state index in [2.05, 4.69) is 17.9 Å². The average Bonchev–Trinajstić information content (AvgIpc) is 3.20. The van der Waals surface area contributed by atoms with Gasteiger partial charge in [0, 0.05) is 43.0 Å². The van der Waals surface area contributed by atoms with Gasteiger partial charge in [0.05, 0.1) is 0 Å². The number of rotatable bonds is 4. The second-order valence-corrected chi connectivity index (χ2v) is 10.0. The van der Waals surface area contributed by atoms with Crippen LogP contribution in [-0.2, 0) is 4.79 Å². The molecule has 0 radical (unpaired) electrons. The van der Waals surface area contributed by atoms with Gasteiger partial charge in [-0.05, 0) is 68.6 Å². The number of carbonyl (C=O) groups excluding carboxylic acids is 1. The average molecular weight is 359 g/mol. The van der Waals surface area contributed by atoms with Crippen LogP contribution in [0.1, 0.15) is 58.3 Å². The fraction of sp³-hybridized carbons (Fsp3) is 0.864. The van der Waals surface area contributed by atoms with Crippen molar-refractivity contribution in [2.24, 2.45) is 40.2 Å². The SMILES string of the molecule is C[C@@H]1CN2C[C@H]3CC[C@H]4CCC=C4[C@]4(CCC(N)=O)[C@@H]2[C@@H]1CC[C@@]34CO. The molecule has 0 aromatic rings. The number of carbonyl (C=O) groups is 1. The summed E-state index contributed by atoms with van der Waals surface area (Å²) >= 11 is 0. The minimum atomic E-state index is -0.178. The summed E-state index contributed by atoms with van der Waals surface area (Å²) in [4.78, 5) is 14.6. The molecule has 7 atom stereocenters. The normalized spacial score (nSPS) is 49.5. The maximum atomic E-state index is 11.9. The van der Waals surface area contributed by atoms with Crippen LogP contribution in [-0.4, -0.2) is 41.7 Å². The first-order valence-electron chi connectivity index (χ1n) is 10.9. The third-order valence-corrected chi connectivity index (χ3v) is 9.35. The second-order valence-electron chi connectivity index (χ2n) is 10.0. The number of allylic oxidation sites excluding steroid dienone is 1. The highest BCUT2D eigenvalue weighted by Crippen LogP contribution is 2.72. The Hall–Kier alpha value is -0.870. The zero-order valence-electron chi connectivity index (χ0n) is 16.1. The van der Waals surface area contributed by atoms with E-state index < -0.39 is 0 Å². The molecule has 5 rings (SSSR count). The van der Waals surface area contributed by atoms with E-state index in [1.54, 1.807) is 5.57 Å². The van der Waals surface area contributed by atoms with Gasteiger partial charge in [0.2, 0.25) is 5.91 Å². The summed E-state index contributed by atoms with van der Waals surface area (Å²) < 4.78 is 0. The third-order valence-electron chi connectivity index (χ3n) is 9.35. The Morgan fingerprint density at radius 2 is 2.15 bits per heavy atom. The highest BCUT2D eigenvalue weighted by molar-refractivity contribution is 5.73. The van der Waals surface area contributed by atoms with Crippen LogP contribution in [0.25, 0.3) is 0 Å². The van der Waals surface area contributed by atoms with E-state index in [0.29, 0.717) is 30.2 Å². The molecule has 1 amide bonds. The summed E-state index contributed by atoms with van der Waals surface area (Å²) in [5, 5.41) is 10.9. The Labute approximate surface area is 157 Å². The van der Waals surface area contributed by atoms with Gasteiger partial charge in [0.15, 0.2) is 0 Å². The number of nitrogens with zero attached hydrogens (tertiary/aromatic N) is 1. The minimum absolute atomic E-state index is 0.0228. The lowest BCUT2D eigenvalue weighted by molar-refractivity contribution is -0.174. The van der Waals surface area contributed by atoms with Crippen molar-refractivity contribution in [1.29, 1.82) is 0 Å². The fourth-order valence-corrected chi connectivity index (χ4v) is 8.52. The predicted octanol–water partition coefficient (Wildman–Crippen LogP) is 2.71. The molecular weight excluding hydrogens is 324 g/mol. The number of primary amides is 1. The molecule has 2 saturated carbocycles. The van der Waals surface area contributed by atoms with Crippen LogP contribution >= 0.6 is 0 Å². The van der Waals surface area contributed by atoms with Gasteiger partial charge >= 0.3 is 0 Å². The van der Waals surface area contributed by atoms with Gasteiger partial charge < -0.3 is 10.8 Å². The van der Waals surface area contributed by atoms with E-state index in [1.165, 1.54) is 38.6 Å². The minimum Gasteiger partial charge on any atom is -0.396 e. The van der Waals surface area contributed by atoms with Gasteiger partial charge in [0.25, 0.3) is 0 Å². The first kappa shape index (κ1) is 17.2. The Kier molecular flexibility index (Phi) is 3.85. The lowest BCUT2D eigenvalue weighted by Gasteiger charge is -2.67. The first-order chi connectivity index (χ1) is 12.5. The van der Waals surface area contributed by atoms with E-state index in [0.717, 1.165) is 25.3 Å². The van der Waals surface area contributed by atoms with Crippen LogP contribution in [0, 0.1) is 34.5 Å². The highest BCUT2D eigenvalue weighted by Gasteiger charge is 2.71. The van der Waals surface area contributed by atoms with Gasteiger partial charge in [-0.3, -0.25) is 9.69 Å². The zero-order valence-corrected chi connectivity index (χ0v) is 16.1. The van der Waals surface area contributed by atoms with Crippen molar-refractivity contribution in [1.82, 2.24) is 4.90 Å². The lowest BCUT2D eigenvalue weighted by Crippen LogP contribution is -2.69. The molecule has 0 aromatic carbocycles. The molecule has 2 saturated heterocycles. The smallest absolute Gasteiger partial charge is 0.217 e. The molecule has 4 nitrogen and oxygen atoms in total. The van der Waals surface area contributed by atoms with Crippen LogP contribution in [0.2, 0.25) is 0 Å². The first-order valence-corrected chi connectivity index (χ1v) is 10.9.